The molecule has 106 valence electrons. The van der Waals surface area contributed by atoms with Crippen molar-refractivity contribution in [3.8, 4) is 0 Å². The van der Waals surface area contributed by atoms with E-state index in [2.05, 4.69) is 5.32 Å². The van der Waals surface area contributed by atoms with Crippen LogP contribution in [0.5, 0.6) is 0 Å². The second-order valence-corrected chi connectivity index (χ2v) is 6.41. The monoisotopic (exact) mass is 253 g/mol. The minimum Gasteiger partial charge on any atom is -0.396 e. The first kappa shape index (κ1) is 14.3. The van der Waals surface area contributed by atoms with Crippen LogP contribution in [0.4, 0.5) is 0 Å². The van der Waals surface area contributed by atoms with E-state index < -0.39 is 0 Å². The molecule has 3 atom stereocenters. The second kappa shape index (κ2) is 8.16. The molecule has 2 rings (SSSR count). The van der Waals surface area contributed by atoms with Crippen molar-refractivity contribution in [3.63, 3.8) is 0 Å². The van der Waals surface area contributed by atoms with Gasteiger partial charge in [0, 0.05) is 12.6 Å². The maximum atomic E-state index is 8.72. The predicted molar refractivity (Wildman–Crippen MR) is 76.6 cm³/mol. The third kappa shape index (κ3) is 4.55. The fourth-order valence-electron chi connectivity index (χ4n) is 3.96. The molecule has 2 nitrogen and oxygen atoms in total. The van der Waals surface area contributed by atoms with E-state index in [0.717, 1.165) is 24.3 Å². The number of rotatable bonds is 7. The molecule has 0 aromatic rings. The zero-order chi connectivity index (χ0) is 12.6. The Labute approximate surface area is 113 Å². The molecule has 2 aliphatic rings. The summed E-state index contributed by atoms with van der Waals surface area (Å²) in [5.74, 6) is 2.11. The lowest BCUT2D eigenvalue weighted by atomic mass is 9.69. The molecular weight excluding hydrogens is 222 g/mol. The molecule has 2 fully saturated rings. The third-order valence-corrected chi connectivity index (χ3v) is 5.06. The Kier molecular flexibility index (Phi) is 6.50. The topological polar surface area (TPSA) is 32.3 Å². The number of nitrogens with one attached hydrogen (secondary N) is 1. The average Bonchev–Trinajstić information content (AvgIpc) is 2.42. The first-order chi connectivity index (χ1) is 8.90. The van der Waals surface area contributed by atoms with Gasteiger partial charge in [-0.3, -0.25) is 0 Å². The normalized spacial score (nSPS) is 32.2. The van der Waals surface area contributed by atoms with E-state index in [0.29, 0.717) is 6.61 Å². The molecule has 0 amide bonds. The smallest absolute Gasteiger partial charge is 0.0431 e. The fourth-order valence-corrected chi connectivity index (χ4v) is 3.96. The standard InChI is InChI=1S/C16H31NO/c18-12-6-2-1-5-11-17-16-10-9-14-7-3-4-8-15(14)13-16/h14-18H,1-13H2. The van der Waals surface area contributed by atoms with E-state index in [-0.39, 0.29) is 0 Å². The van der Waals surface area contributed by atoms with Crippen LogP contribution in [-0.4, -0.2) is 24.3 Å². The number of aliphatic hydroxyl groups is 1. The SMILES string of the molecule is OCCCCCCNC1CCC2CCCCC2C1. The highest BCUT2D eigenvalue weighted by Crippen LogP contribution is 2.40. The molecular formula is C16H31NO. The Balaban J connectivity index is 1.54. The van der Waals surface area contributed by atoms with Gasteiger partial charge in [0.15, 0.2) is 0 Å². The largest absolute Gasteiger partial charge is 0.396 e. The fraction of sp³-hybridized carbons (Fsp3) is 1.00. The lowest BCUT2D eigenvalue weighted by Crippen LogP contribution is -2.39. The van der Waals surface area contributed by atoms with Gasteiger partial charge in [-0.05, 0) is 50.5 Å². The highest BCUT2D eigenvalue weighted by Gasteiger charge is 2.31. The van der Waals surface area contributed by atoms with Gasteiger partial charge in [-0.2, -0.15) is 0 Å². The molecule has 0 aromatic heterocycles. The molecule has 0 aromatic carbocycles. The van der Waals surface area contributed by atoms with E-state index >= 15 is 0 Å². The molecule has 0 radical (unpaired) electrons. The third-order valence-electron chi connectivity index (χ3n) is 5.06. The average molecular weight is 253 g/mol. The van der Waals surface area contributed by atoms with Crippen LogP contribution >= 0.6 is 0 Å². The van der Waals surface area contributed by atoms with E-state index in [9.17, 15) is 0 Å². The van der Waals surface area contributed by atoms with Gasteiger partial charge in [0.2, 0.25) is 0 Å². The summed E-state index contributed by atoms with van der Waals surface area (Å²) in [6.45, 7) is 1.55. The highest BCUT2D eigenvalue weighted by atomic mass is 16.2. The van der Waals surface area contributed by atoms with Crippen molar-refractivity contribution in [3.05, 3.63) is 0 Å². The van der Waals surface area contributed by atoms with E-state index in [4.69, 9.17) is 5.11 Å². The summed E-state index contributed by atoms with van der Waals surface area (Å²) >= 11 is 0. The number of aliphatic hydroxyl groups excluding tert-OH is 1. The van der Waals surface area contributed by atoms with Crippen molar-refractivity contribution in [2.75, 3.05) is 13.2 Å². The molecule has 0 saturated heterocycles. The van der Waals surface area contributed by atoms with Gasteiger partial charge >= 0.3 is 0 Å². The number of unbranched alkanes of at least 4 members (excludes halogenated alkanes) is 3. The molecule has 0 bridgehead atoms. The van der Waals surface area contributed by atoms with Crippen LogP contribution in [0.3, 0.4) is 0 Å². The molecule has 0 heterocycles. The zero-order valence-corrected chi connectivity index (χ0v) is 11.9. The van der Waals surface area contributed by atoms with Crippen molar-refractivity contribution < 1.29 is 5.11 Å². The van der Waals surface area contributed by atoms with Crippen molar-refractivity contribution in [1.29, 1.82) is 0 Å². The summed E-state index contributed by atoms with van der Waals surface area (Å²) in [5, 5.41) is 12.5. The molecule has 0 aliphatic heterocycles. The molecule has 2 aliphatic carbocycles. The highest BCUT2D eigenvalue weighted by molar-refractivity contribution is 4.86. The number of hydrogen-bond donors (Lipinski definition) is 2. The summed E-state index contributed by atoms with van der Waals surface area (Å²) in [4.78, 5) is 0. The molecule has 0 spiro atoms. The van der Waals surface area contributed by atoms with Gasteiger partial charge < -0.3 is 10.4 Å². The van der Waals surface area contributed by atoms with E-state index in [1.54, 1.807) is 0 Å². The zero-order valence-electron chi connectivity index (χ0n) is 11.9. The van der Waals surface area contributed by atoms with Crippen LogP contribution in [0, 0.1) is 11.8 Å². The number of fused-ring (bicyclic) bond motifs is 1. The maximum Gasteiger partial charge on any atom is 0.0431 e. The second-order valence-electron chi connectivity index (χ2n) is 6.41. The summed E-state index contributed by atoms with van der Waals surface area (Å²) in [5.41, 5.74) is 0. The van der Waals surface area contributed by atoms with Crippen LogP contribution in [0.25, 0.3) is 0 Å². The summed E-state index contributed by atoms with van der Waals surface area (Å²) in [6.07, 6.45) is 15.0. The van der Waals surface area contributed by atoms with Crippen LogP contribution in [0.15, 0.2) is 0 Å². The minimum absolute atomic E-state index is 0.360. The maximum absolute atomic E-state index is 8.72. The lowest BCUT2D eigenvalue weighted by molar-refractivity contribution is 0.143. The van der Waals surface area contributed by atoms with Gasteiger partial charge in [0.05, 0.1) is 0 Å². The number of hydrogen-bond acceptors (Lipinski definition) is 2. The van der Waals surface area contributed by atoms with Crippen molar-refractivity contribution in [2.45, 2.75) is 76.7 Å². The minimum atomic E-state index is 0.360. The van der Waals surface area contributed by atoms with Gasteiger partial charge in [0.25, 0.3) is 0 Å². The summed E-state index contributed by atoms with van der Waals surface area (Å²) < 4.78 is 0. The molecule has 2 N–H and O–H groups in total. The first-order valence-corrected chi connectivity index (χ1v) is 8.24. The Bertz CT molecular complexity index is 219. The Morgan fingerprint density at radius 2 is 1.61 bits per heavy atom. The van der Waals surface area contributed by atoms with Gasteiger partial charge in [0.1, 0.15) is 0 Å². The Hall–Kier alpha value is -0.0800. The van der Waals surface area contributed by atoms with Crippen molar-refractivity contribution in [1.82, 2.24) is 5.32 Å². The quantitative estimate of drug-likeness (QED) is 0.681. The van der Waals surface area contributed by atoms with Crippen molar-refractivity contribution >= 4 is 0 Å². The predicted octanol–water partition coefficient (Wildman–Crippen LogP) is 3.49. The molecule has 2 heteroatoms. The molecule has 18 heavy (non-hydrogen) atoms. The van der Waals surface area contributed by atoms with Gasteiger partial charge in [-0.15, -0.1) is 0 Å². The Morgan fingerprint density at radius 3 is 2.44 bits per heavy atom. The molecule has 2 saturated carbocycles. The Morgan fingerprint density at radius 1 is 0.833 bits per heavy atom. The van der Waals surface area contributed by atoms with Crippen LogP contribution in [0.1, 0.15) is 70.6 Å². The van der Waals surface area contributed by atoms with E-state index in [1.165, 1.54) is 70.8 Å². The lowest BCUT2D eigenvalue weighted by Gasteiger charge is -2.39. The van der Waals surface area contributed by atoms with Crippen LogP contribution in [-0.2, 0) is 0 Å². The van der Waals surface area contributed by atoms with Crippen molar-refractivity contribution in [2.24, 2.45) is 11.8 Å². The first-order valence-electron chi connectivity index (χ1n) is 8.24. The summed E-state index contributed by atoms with van der Waals surface area (Å²) in [6, 6.07) is 0.808. The van der Waals surface area contributed by atoms with E-state index in [1.807, 2.05) is 0 Å². The van der Waals surface area contributed by atoms with Crippen LogP contribution < -0.4 is 5.32 Å². The van der Waals surface area contributed by atoms with Gasteiger partial charge in [-0.1, -0.05) is 38.5 Å². The molecule has 3 unspecified atom stereocenters. The van der Waals surface area contributed by atoms with Gasteiger partial charge in [-0.25, -0.2) is 0 Å². The summed E-state index contributed by atoms with van der Waals surface area (Å²) in [7, 11) is 0. The van der Waals surface area contributed by atoms with Crippen LogP contribution in [0.2, 0.25) is 0 Å².